The van der Waals surface area contributed by atoms with Crippen LogP contribution in [0, 0.1) is 17.8 Å². The minimum atomic E-state index is 0.756. The Hall–Kier alpha value is -0.0400. The van der Waals surface area contributed by atoms with Crippen LogP contribution in [0.4, 0.5) is 0 Å². The molecular weight excluding hydrogens is 146 g/mol. The Labute approximate surface area is 76.9 Å². The van der Waals surface area contributed by atoms with E-state index in [0.29, 0.717) is 0 Å². The smallest absolute Gasteiger partial charge is 0.00671 e. The highest BCUT2D eigenvalue weighted by molar-refractivity contribution is 4.83. The molecule has 1 heteroatoms. The van der Waals surface area contributed by atoms with Gasteiger partial charge in [-0.15, -0.1) is 0 Å². The molecule has 1 unspecified atom stereocenters. The van der Waals surface area contributed by atoms with Gasteiger partial charge in [-0.2, -0.15) is 0 Å². The summed E-state index contributed by atoms with van der Waals surface area (Å²) in [6.45, 7) is 10.4. The molecule has 0 heterocycles. The van der Waals surface area contributed by atoms with Crippen LogP contribution in [0.25, 0.3) is 0 Å². The molecule has 1 nitrogen and oxygen atoms in total. The zero-order valence-corrected chi connectivity index (χ0v) is 8.93. The van der Waals surface area contributed by atoms with Crippen LogP contribution in [0.3, 0.4) is 0 Å². The third kappa shape index (κ3) is 3.14. The lowest BCUT2D eigenvalue weighted by Crippen LogP contribution is -2.33. The van der Waals surface area contributed by atoms with Gasteiger partial charge in [0.1, 0.15) is 0 Å². The summed E-state index contributed by atoms with van der Waals surface area (Å²) in [5.74, 6) is 2.61. The van der Waals surface area contributed by atoms with Crippen molar-refractivity contribution in [2.24, 2.45) is 17.8 Å². The SMILES string of the molecule is CC(NC[C@@H](C)C(C)C)C1CC1. The molecule has 0 bridgehead atoms. The molecule has 0 aromatic rings. The summed E-state index contributed by atoms with van der Waals surface area (Å²) in [5, 5.41) is 3.63. The van der Waals surface area contributed by atoms with Gasteiger partial charge in [0.05, 0.1) is 0 Å². The van der Waals surface area contributed by atoms with Crippen molar-refractivity contribution in [3.63, 3.8) is 0 Å². The van der Waals surface area contributed by atoms with Crippen LogP contribution in [0.1, 0.15) is 40.5 Å². The molecule has 1 rings (SSSR count). The summed E-state index contributed by atoms with van der Waals surface area (Å²) >= 11 is 0. The van der Waals surface area contributed by atoms with Crippen LogP contribution < -0.4 is 5.32 Å². The van der Waals surface area contributed by atoms with Crippen molar-refractivity contribution in [1.29, 1.82) is 0 Å². The maximum atomic E-state index is 3.63. The minimum Gasteiger partial charge on any atom is -0.314 e. The molecule has 0 aliphatic heterocycles. The Balaban J connectivity index is 2.07. The van der Waals surface area contributed by atoms with Crippen molar-refractivity contribution in [2.45, 2.75) is 46.6 Å². The molecule has 0 spiro atoms. The normalized spacial score (nSPS) is 22.8. The average Bonchev–Trinajstić information content (AvgIpc) is 2.81. The highest BCUT2D eigenvalue weighted by Crippen LogP contribution is 2.32. The van der Waals surface area contributed by atoms with Gasteiger partial charge in [-0.1, -0.05) is 20.8 Å². The maximum absolute atomic E-state index is 3.63. The Kier molecular flexibility index (Phi) is 3.57. The van der Waals surface area contributed by atoms with Crippen LogP contribution in [-0.2, 0) is 0 Å². The van der Waals surface area contributed by atoms with Crippen molar-refractivity contribution in [1.82, 2.24) is 5.32 Å². The molecule has 2 atom stereocenters. The van der Waals surface area contributed by atoms with Crippen LogP contribution in [0.5, 0.6) is 0 Å². The fraction of sp³-hybridized carbons (Fsp3) is 1.00. The van der Waals surface area contributed by atoms with Gasteiger partial charge in [0.15, 0.2) is 0 Å². The van der Waals surface area contributed by atoms with E-state index in [1.165, 1.54) is 19.4 Å². The second-order valence-electron chi connectivity index (χ2n) is 4.76. The van der Waals surface area contributed by atoms with Crippen molar-refractivity contribution in [3.8, 4) is 0 Å². The van der Waals surface area contributed by atoms with Gasteiger partial charge in [0, 0.05) is 6.04 Å². The summed E-state index contributed by atoms with van der Waals surface area (Å²) < 4.78 is 0. The molecule has 0 aromatic heterocycles. The van der Waals surface area contributed by atoms with Gasteiger partial charge >= 0.3 is 0 Å². The molecule has 0 saturated heterocycles. The van der Waals surface area contributed by atoms with E-state index in [2.05, 4.69) is 33.0 Å². The average molecular weight is 169 g/mol. The molecule has 1 aliphatic rings. The second-order valence-corrected chi connectivity index (χ2v) is 4.76. The molecule has 0 radical (unpaired) electrons. The lowest BCUT2D eigenvalue weighted by Gasteiger charge is -2.19. The summed E-state index contributed by atoms with van der Waals surface area (Å²) in [6, 6.07) is 0.756. The van der Waals surface area contributed by atoms with E-state index in [4.69, 9.17) is 0 Å². The predicted molar refractivity (Wildman–Crippen MR) is 54.2 cm³/mol. The van der Waals surface area contributed by atoms with Gasteiger partial charge in [0.25, 0.3) is 0 Å². The Morgan fingerprint density at radius 3 is 2.17 bits per heavy atom. The van der Waals surface area contributed by atoms with Crippen LogP contribution in [0.2, 0.25) is 0 Å². The second kappa shape index (κ2) is 4.27. The molecule has 0 amide bonds. The predicted octanol–water partition coefficient (Wildman–Crippen LogP) is 2.67. The van der Waals surface area contributed by atoms with Gasteiger partial charge in [-0.05, 0) is 44.1 Å². The van der Waals surface area contributed by atoms with Gasteiger partial charge in [0.2, 0.25) is 0 Å². The lowest BCUT2D eigenvalue weighted by atomic mass is 9.98. The Morgan fingerprint density at radius 2 is 1.75 bits per heavy atom. The first-order valence-corrected chi connectivity index (χ1v) is 5.34. The van der Waals surface area contributed by atoms with E-state index >= 15 is 0 Å². The molecule has 1 fully saturated rings. The van der Waals surface area contributed by atoms with Crippen molar-refractivity contribution >= 4 is 0 Å². The number of rotatable bonds is 5. The summed E-state index contributed by atoms with van der Waals surface area (Å²) in [6.07, 6.45) is 2.90. The molecule has 12 heavy (non-hydrogen) atoms. The van der Waals surface area contributed by atoms with Crippen LogP contribution in [-0.4, -0.2) is 12.6 Å². The molecule has 1 N–H and O–H groups in total. The van der Waals surface area contributed by atoms with Crippen LogP contribution >= 0.6 is 0 Å². The minimum absolute atomic E-state index is 0.756. The number of hydrogen-bond acceptors (Lipinski definition) is 1. The molecule has 1 aliphatic carbocycles. The highest BCUT2D eigenvalue weighted by atomic mass is 14.9. The summed E-state index contributed by atoms with van der Waals surface area (Å²) in [4.78, 5) is 0. The van der Waals surface area contributed by atoms with E-state index in [0.717, 1.165) is 23.8 Å². The zero-order valence-electron chi connectivity index (χ0n) is 8.93. The summed E-state index contributed by atoms with van der Waals surface area (Å²) in [7, 11) is 0. The van der Waals surface area contributed by atoms with Gasteiger partial charge in [-0.25, -0.2) is 0 Å². The van der Waals surface area contributed by atoms with Crippen molar-refractivity contribution < 1.29 is 0 Å². The first-order valence-electron chi connectivity index (χ1n) is 5.34. The maximum Gasteiger partial charge on any atom is 0.00671 e. The van der Waals surface area contributed by atoms with Gasteiger partial charge in [-0.3, -0.25) is 0 Å². The lowest BCUT2D eigenvalue weighted by molar-refractivity contribution is 0.362. The third-order valence-corrected chi connectivity index (χ3v) is 3.23. The monoisotopic (exact) mass is 169 g/mol. The number of hydrogen-bond donors (Lipinski definition) is 1. The van der Waals surface area contributed by atoms with E-state index < -0.39 is 0 Å². The van der Waals surface area contributed by atoms with E-state index in [-0.39, 0.29) is 0 Å². The standard InChI is InChI=1S/C11H23N/c1-8(2)9(3)7-12-10(4)11-5-6-11/h8-12H,5-7H2,1-4H3/t9-,10?/m1/s1. The third-order valence-electron chi connectivity index (χ3n) is 3.23. The Morgan fingerprint density at radius 1 is 1.17 bits per heavy atom. The van der Waals surface area contributed by atoms with Crippen molar-refractivity contribution in [2.75, 3.05) is 6.54 Å². The van der Waals surface area contributed by atoms with E-state index in [1.54, 1.807) is 0 Å². The quantitative estimate of drug-likeness (QED) is 0.667. The van der Waals surface area contributed by atoms with E-state index in [9.17, 15) is 0 Å². The van der Waals surface area contributed by atoms with Gasteiger partial charge < -0.3 is 5.32 Å². The topological polar surface area (TPSA) is 12.0 Å². The molecule has 1 saturated carbocycles. The fourth-order valence-electron chi connectivity index (χ4n) is 1.37. The fourth-order valence-corrected chi connectivity index (χ4v) is 1.37. The Bertz CT molecular complexity index is 119. The first-order chi connectivity index (χ1) is 5.61. The zero-order chi connectivity index (χ0) is 9.14. The van der Waals surface area contributed by atoms with Crippen molar-refractivity contribution in [3.05, 3.63) is 0 Å². The molecule has 0 aromatic carbocycles. The number of nitrogens with one attached hydrogen (secondary N) is 1. The van der Waals surface area contributed by atoms with E-state index in [1.807, 2.05) is 0 Å². The highest BCUT2D eigenvalue weighted by Gasteiger charge is 2.27. The largest absolute Gasteiger partial charge is 0.314 e. The first kappa shape index (κ1) is 10.0. The molecular formula is C11H23N. The molecule has 72 valence electrons. The van der Waals surface area contributed by atoms with Crippen LogP contribution in [0.15, 0.2) is 0 Å². The summed E-state index contributed by atoms with van der Waals surface area (Å²) in [5.41, 5.74) is 0.